The Balaban J connectivity index is 0. The van der Waals surface area contributed by atoms with Crippen molar-refractivity contribution in [2.45, 2.75) is 26.4 Å². The van der Waals surface area contributed by atoms with Crippen LogP contribution in [0, 0.1) is 0 Å². The van der Waals surface area contributed by atoms with Gasteiger partial charge < -0.3 is 5.11 Å². The van der Waals surface area contributed by atoms with Crippen molar-refractivity contribution in [2.24, 2.45) is 0 Å². The molecule has 0 saturated carbocycles. The Morgan fingerprint density at radius 2 is 1.17 bits per heavy atom. The van der Waals surface area contributed by atoms with Crippen molar-refractivity contribution in [3.63, 3.8) is 0 Å². The predicted molar refractivity (Wildman–Crippen MR) is 33.3 cm³/mol. The first-order valence-corrected chi connectivity index (χ1v) is 1.72. The minimum absolute atomic E-state index is 0. The van der Waals surface area contributed by atoms with Crippen molar-refractivity contribution in [1.82, 2.24) is 0 Å². The molecule has 0 atom stereocenters. The minimum atomic E-state index is -0.500. The van der Waals surface area contributed by atoms with Gasteiger partial charge in [0.2, 0.25) is 0 Å². The maximum atomic E-state index is 8.52. The third kappa shape index (κ3) is 218. The van der Waals surface area contributed by atoms with Crippen LogP contribution in [-0.4, -0.2) is 28.3 Å². The summed E-state index contributed by atoms with van der Waals surface area (Å²) in [5.41, 5.74) is -0.500. The zero-order valence-electron chi connectivity index (χ0n) is 3.95. The van der Waals surface area contributed by atoms with Crippen LogP contribution in [-0.2, 0) is 0 Å². The molecule has 2 heteroatoms. The summed E-state index contributed by atoms with van der Waals surface area (Å²) in [6, 6.07) is 0. The molecule has 1 nitrogen and oxygen atoms in total. The molecule has 0 spiro atoms. The molecular weight excluding hydrogens is 137 g/mol. The molecule has 40 valence electrons. The van der Waals surface area contributed by atoms with E-state index in [1.165, 1.54) is 0 Å². The number of hydrogen-bond donors (Lipinski definition) is 1. The Morgan fingerprint density at radius 1 is 1.17 bits per heavy atom. The van der Waals surface area contributed by atoms with Gasteiger partial charge in [-0.3, -0.25) is 0 Å². The van der Waals surface area contributed by atoms with E-state index in [0.717, 1.165) is 0 Å². The van der Waals surface area contributed by atoms with Crippen molar-refractivity contribution >= 4 is 17.6 Å². The Hall–Kier alpha value is 0.503. The molecule has 0 fully saturated rings. The van der Waals surface area contributed by atoms with Gasteiger partial charge >= 0.3 is 17.6 Å². The normalized spacial score (nSPS) is 10.0. The molecule has 0 aliphatic heterocycles. The van der Waals surface area contributed by atoms with E-state index in [0.29, 0.717) is 0 Å². The number of hydrogen-bond acceptors (Lipinski definition) is 1. The molecule has 0 saturated heterocycles. The van der Waals surface area contributed by atoms with Crippen molar-refractivity contribution < 1.29 is 5.11 Å². The molecule has 0 amide bonds. The molecule has 6 heavy (non-hydrogen) atoms. The van der Waals surface area contributed by atoms with Crippen LogP contribution < -0.4 is 0 Å². The van der Waals surface area contributed by atoms with Crippen molar-refractivity contribution in [3.8, 4) is 0 Å². The molecule has 1 N–H and O–H groups in total. The van der Waals surface area contributed by atoms with Crippen LogP contribution in [0.4, 0.5) is 0 Å². The molecule has 0 bridgehead atoms. The average Bonchev–Trinajstić information content (AvgIpc) is 0.722. The molecule has 0 aromatic rings. The van der Waals surface area contributed by atoms with E-state index in [1.54, 1.807) is 20.8 Å². The third-order valence-corrected chi connectivity index (χ3v) is 0. The Kier molecular flexibility index (Phi) is 4.27. The van der Waals surface area contributed by atoms with Gasteiger partial charge in [-0.25, -0.2) is 0 Å². The van der Waals surface area contributed by atoms with Crippen molar-refractivity contribution in [1.29, 1.82) is 0 Å². The SMILES string of the molecule is CC(C)(C)O.[GeH4]. The standard InChI is InChI=1S/C4H10O.GeH4/c1-4(2,3)5;/h5H,1-3H3;1H4. The maximum absolute atomic E-state index is 8.52. The Labute approximate surface area is 49.7 Å². The fourth-order valence-corrected chi connectivity index (χ4v) is 0. The van der Waals surface area contributed by atoms with Crippen molar-refractivity contribution in [2.75, 3.05) is 0 Å². The molecule has 0 aliphatic carbocycles. The van der Waals surface area contributed by atoms with E-state index in [1.807, 2.05) is 0 Å². The average molecular weight is 151 g/mol. The fourth-order valence-electron chi connectivity index (χ4n) is 0. The Bertz CT molecular complexity index is 23.0. The summed E-state index contributed by atoms with van der Waals surface area (Å²) < 4.78 is 0. The number of rotatable bonds is 0. The van der Waals surface area contributed by atoms with Gasteiger partial charge in [0.1, 0.15) is 0 Å². The first kappa shape index (κ1) is 9.71. The predicted octanol–water partition coefficient (Wildman–Crippen LogP) is -0.674. The van der Waals surface area contributed by atoms with Gasteiger partial charge in [-0.1, -0.05) is 0 Å². The second-order valence-electron chi connectivity index (χ2n) is 2.17. The van der Waals surface area contributed by atoms with Gasteiger partial charge in [-0.15, -0.1) is 0 Å². The van der Waals surface area contributed by atoms with E-state index >= 15 is 0 Å². The second kappa shape index (κ2) is 2.64. The molecule has 0 radical (unpaired) electrons. The fraction of sp³-hybridized carbons (Fsp3) is 1.00. The molecule has 0 rings (SSSR count). The molecule has 0 aromatic heterocycles. The molecule has 0 aromatic carbocycles. The van der Waals surface area contributed by atoms with Gasteiger partial charge in [0.15, 0.2) is 0 Å². The van der Waals surface area contributed by atoms with E-state index < -0.39 is 5.60 Å². The third-order valence-electron chi connectivity index (χ3n) is 0. The topological polar surface area (TPSA) is 20.2 Å². The summed E-state index contributed by atoms with van der Waals surface area (Å²) in [7, 11) is 0. The molecular formula is C4H14GeO. The van der Waals surface area contributed by atoms with Gasteiger partial charge in [0, 0.05) is 0 Å². The van der Waals surface area contributed by atoms with E-state index in [9.17, 15) is 0 Å². The summed E-state index contributed by atoms with van der Waals surface area (Å²) >= 11 is 0. The zero-order chi connectivity index (χ0) is 4.50. The van der Waals surface area contributed by atoms with E-state index in [4.69, 9.17) is 5.11 Å². The van der Waals surface area contributed by atoms with Gasteiger partial charge in [0.05, 0.1) is 5.60 Å². The van der Waals surface area contributed by atoms with E-state index in [-0.39, 0.29) is 17.6 Å². The summed E-state index contributed by atoms with van der Waals surface area (Å²) in [4.78, 5) is 0. The summed E-state index contributed by atoms with van der Waals surface area (Å²) in [5.74, 6) is 0. The van der Waals surface area contributed by atoms with Gasteiger partial charge in [-0.2, -0.15) is 0 Å². The summed E-state index contributed by atoms with van der Waals surface area (Å²) in [5, 5.41) is 8.52. The van der Waals surface area contributed by atoms with Crippen LogP contribution >= 0.6 is 0 Å². The van der Waals surface area contributed by atoms with Crippen LogP contribution in [0.25, 0.3) is 0 Å². The van der Waals surface area contributed by atoms with Gasteiger partial charge in [0.25, 0.3) is 0 Å². The summed E-state index contributed by atoms with van der Waals surface area (Å²) in [6.45, 7) is 5.23. The van der Waals surface area contributed by atoms with Crippen LogP contribution in [0.2, 0.25) is 0 Å². The van der Waals surface area contributed by atoms with Crippen LogP contribution in [0.3, 0.4) is 0 Å². The zero-order valence-corrected chi connectivity index (χ0v) is 3.95. The number of aliphatic hydroxyl groups is 1. The summed E-state index contributed by atoms with van der Waals surface area (Å²) in [6.07, 6.45) is 0. The Morgan fingerprint density at radius 3 is 1.17 bits per heavy atom. The van der Waals surface area contributed by atoms with Gasteiger partial charge in [-0.05, 0) is 20.8 Å². The molecule has 0 heterocycles. The van der Waals surface area contributed by atoms with Crippen molar-refractivity contribution in [3.05, 3.63) is 0 Å². The molecule has 0 unspecified atom stereocenters. The second-order valence-corrected chi connectivity index (χ2v) is 2.17. The van der Waals surface area contributed by atoms with Crippen LogP contribution in [0.1, 0.15) is 20.8 Å². The monoisotopic (exact) mass is 152 g/mol. The van der Waals surface area contributed by atoms with Crippen LogP contribution in [0.5, 0.6) is 0 Å². The van der Waals surface area contributed by atoms with E-state index in [2.05, 4.69) is 0 Å². The quantitative estimate of drug-likeness (QED) is 0.455. The van der Waals surface area contributed by atoms with Crippen LogP contribution in [0.15, 0.2) is 0 Å². The first-order chi connectivity index (χ1) is 2.00. The first-order valence-electron chi connectivity index (χ1n) is 1.72. The molecule has 0 aliphatic rings.